The third kappa shape index (κ3) is 4.24. The van der Waals surface area contributed by atoms with Gasteiger partial charge in [0.2, 0.25) is 0 Å². The van der Waals surface area contributed by atoms with Crippen molar-refractivity contribution in [3.8, 4) is 0 Å². The number of aromatic nitrogens is 2. The van der Waals surface area contributed by atoms with Gasteiger partial charge in [0.05, 0.1) is 5.69 Å². The van der Waals surface area contributed by atoms with Gasteiger partial charge in [-0.05, 0) is 26.2 Å². The summed E-state index contributed by atoms with van der Waals surface area (Å²) in [6.07, 6.45) is 2.67. The van der Waals surface area contributed by atoms with E-state index in [-0.39, 0.29) is 6.04 Å². The Labute approximate surface area is 114 Å². The summed E-state index contributed by atoms with van der Waals surface area (Å²) >= 11 is 6.20. The highest BCUT2D eigenvalue weighted by molar-refractivity contribution is 6.30. The quantitative estimate of drug-likeness (QED) is 0.429. The lowest BCUT2D eigenvalue weighted by molar-refractivity contribution is 0.124. The first-order valence-electron chi connectivity index (χ1n) is 6.32. The topological polar surface area (TPSA) is 65.1 Å². The van der Waals surface area contributed by atoms with E-state index in [9.17, 15) is 0 Å². The second kappa shape index (κ2) is 7.74. The second-order valence-corrected chi connectivity index (χ2v) is 4.81. The van der Waals surface area contributed by atoms with E-state index in [4.69, 9.17) is 22.2 Å². The lowest BCUT2D eigenvalue weighted by atomic mass is 10.1. The Hall–Kier alpha value is -0.620. The van der Waals surface area contributed by atoms with Crippen LogP contribution in [0.15, 0.2) is 0 Å². The average Bonchev–Trinajstić information content (AvgIpc) is 2.59. The SMILES string of the molecule is CCCOCCC(Cc1c(C)nn(C)c1Cl)NN. The maximum atomic E-state index is 6.20. The van der Waals surface area contributed by atoms with E-state index >= 15 is 0 Å². The second-order valence-electron chi connectivity index (χ2n) is 4.45. The van der Waals surface area contributed by atoms with E-state index in [0.717, 1.165) is 37.1 Å². The van der Waals surface area contributed by atoms with Gasteiger partial charge in [-0.2, -0.15) is 5.10 Å². The average molecular weight is 275 g/mol. The predicted molar refractivity (Wildman–Crippen MR) is 73.5 cm³/mol. The fourth-order valence-corrected chi connectivity index (χ4v) is 2.12. The van der Waals surface area contributed by atoms with Crippen LogP contribution in [0, 0.1) is 6.92 Å². The first kappa shape index (κ1) is 15.4. The van der Waals surface area contributed by atoms with Crippen LogP contribution in [0.25, 0.3) is 0 Å². The van der Waals surface area contributed by atoms with Crippen LogP contribution in [-0.2, 0) is 18.2 Å². The number of aryl methyl sites for hydroxylation is 2. The lowest BCUT2D eigenvalue weighted by Crippen LogP contribution is -2.37. The number of nitrogens with one attached hydrogen (secondary N) is 1. The molecule has 0 radical (unpaired) electrons. The van der Waals surface area contributed by atoms with Crippen molar-refractivity contribution in [3.05, 3.63) is 16.4 Å². The molecule has 1 aromatic rings. The minimum Gasteiger partial charge on any atom is -0.381 e. The van der Waals surface area contributed by atoms with Gasteiger partial charge >= 0.3 is 0 Å². The normalized spacial score (nSPS) is 12.9. The number of nitrogens with zero attached hydrogens (tertiary/aromatic N) is 2. The molecule has 1 unspecified atom stereocenters. The highest BCUT2D eigenvalue weighted by Gasteiger charge is 2.16. The molecular formula is C12H23ClN4O. The van der Waals surface area contributed by atoms with Crippen molar-refractivity contribution in [2.24, 2.45) is 12.9 Å². The Morgan fingerprint density at radius 3 is 2.72 bits per heavy atom. The fraction of sp³-hybridized carbons (Fsp3) is 0.750. The van der Waals surface area contributed by atoms with E-state index in [1.54, 1.807) is 4.68 Å². The molecule has 0 saturated carbocycles. The Kier molecular flexibility index (Phi) is 6.63. The van der Waals surface area contributed by atoms with Crippen molar-refractivity contribution in [2.45, 2.75) is 39.2 Å². The molecule has 0 spiro atoms. The molecule has 1 atom stereocenters. The maximum Gasteiger partial charge on any atom is 0.130 e. The number of hydrazine groups is 1. The van der Waals surface area contributed by atoms with Crippen molar-refractivity contribution in [1.82, 2.24) is 15.2 Å². The molecule has 0 amide bonds. The summed E-state index contributed by atoms with van der Waals surface area (Å²) in [6.45, 7) is 5.56. The summed E-state index contributed by atoms with van der Waals surface area (Å²) in [5, 5.41) is 4.98. The summed E-state index contributed by atoms with van der Waals surface area (Å²) in [5.41, 5.74) is 4.82. The molecule has 18 heavy (non-hydrogen) atoms. The highest BCUT2D eigenvalue weighted by atomic mass is 35.5. The van der Waals surface area contributed by atoms with Crippen molar-refractivity contribution in [3.63, 3.8) is 0 Å². The van der Waals surface area contributed by atoms with E-state index in [2.05, 4.69) is 17.4 Å². The van der Waals surface area contributed by atoms with Crippen molar-refractivity contribution in [1.29, 1.82) is 0 Å². The fourth-order valence-electron chi connectivity index (χ4n) is 1.87. The molecule has 1 aromatic heterocycles. The maximum absolute atomic E-state index is 6.20. The van der Waals surface area contributed by atoms with Gasteiger partial charge in [-0.1, -0.05) is 18.5 Å². The molecule has 0 aliphatic heterocycles. The molecular weight excluding hydrogens is 252 g/mol. The van der Waals surface area contributed by atoms with Gasteiger partial charge in [0.15, 0.2) is 0 Å². The summed E-state index contributed by atoms with van der Waals surface area (Å²) in [7, 11) is 1.84. The van der Waals surface area contributed by atoms with E-state index in [1.807, 2.05) is 14.0 Å². The van der Waals surface area contributed by atoms with Gasteiger partial charge in [0, 0.05) is 31.9 Å². The molecule has 0 aliphatic carbocycles. The molecule has 0 aliphatic rings. The van der Waals surface area contributed by atoms with Crippen LogP contribution in [-0.4, -0.2) is 29.0 Å². The highest BCUT2D eigenvalue weighted by Crippen LogP contribution is 2.20. The smallest absolute Gasteiger partial charge is 0.130 e. The van der Waals surface area contributed by atoms with Crippen LogP contribution < -0.4 is 11.3 Å². The summed E-state index contributed by atoms with van der Waals surface area (Å²) in [6, 6.07) is 0.155. The van der Waals surface area contributed by atoms with Crippen LogP contribution in [0.4, 0.5) is 0 Å². The van der Waals surface area contributed by atoms with Gasteiger partial charge in [-0.25, -0.2) is 0 Å². The molecule has 5 nitrogen and oxygen atoms in total. The zero-order valence-corrected chi connectivity index (χ0v) is 12.1. The third-order valence-electron chi connectivity index (χ3n) is 2.92. The molecule has 0 fully saturated rings. The molecule has 104 valence electrons. The zero-order chi connectivity index (χ0) is 13.5. The van der Waals surface area contributed by atoms with Gasteiger partial charge < -0.3 is 4.74 Å². The van der Waals surface area contributed by atoms with Gasteiger partial charge in [0.25, 0.3) is 0 Å². The first-order valence-corrected chi connectivity index (χ1v) is 6.69. The van der Waals surface area contributed by atoms with E-state index in [1.165, 1.54) is 0 Å². The van der Waals surface area contributed by atoms with Gasteiger partial charge in [0.1, 0.15) is 5.15 Å². The minimum absolute atomic E-state index is 0.155. The Morgan fingerprint density at radius 2 is 2.22 bits per heavy atom. The van der Waals surface area contributed by atoms with Crippen molar-refractivity contribution in [2.75, 3.05) is 13.2 Å². The molecule has 1 heterocycles. The number of ether oxygens (including phenoxy) is 1. The molecule has 3 N–H and O–H groups in total. The first-order chi connectivity index (χ1) is 8.60. The lowest BCUT2D eigenvalue weighted by Gasteiger charge is -2.15. The largest absolute Gasteiger partial charge is 0.381 e. The predicted octanol–water partition coefficient (Wildman–Crippen LogP) is 1.57. The monoisotopic (exact) mass is 274 g/mol. The Morgan fingerprint density at radius 1 is 1.50 bits per heavy atom. The number of nitrogens with two attached hydrogens (primary N) is 1. The summed E-state index contributed by atoms with van der Waals surface area (Å²) in [5.74, 6) is 5.57. The number of hydrogen-bond acceptors (Lipinski definition) is 4. The molecule has 0 aromatic carbocycles. The minimum atomic E-state index is 0.155. The Bertz CT molecular complexity index is 367. The number of rotatable bonds is 8. The van der Waals surface area contributed by atoms with Crippen molar-refractivity contribution < 1.29 is 4.74 Å². The van der Waals surface area contributed by atoms with Crippen LogP contribution in [0.2, 0.25) is 5.15 Å². The molecule has 1 rings (SSSR count). The van der Waals surface area contributed by atoms with Crippen LogP contribution >= 0.6 is 11.6 Å². The van der Waals surface area contributed by atoms with Gasteiger partial charge in [-0.15, -0.1) is 0 Å². The standard InChI is InChI=1S/C12H23ClN4O/c1-4-6-18-7-5-10(15-14)8-11-9(2)16-17(3)12(11)13/h10,15H,4-8,14H2,1-3H3. The van der Waals surface area contributed by atoms with Crippen LogP contribution in [0.1, 0.15) is 31.0 Å². The van der Waals surface area contributed by atoms with E-state index in [0.29, 0.717) is 11.8 Å². The van der Waals surface area contributed by atoms with E-state index < -0.39 is 0 Å². The van der Waals surface area contributed by atoms with Crippen LogP contribution in [0.5, 0.6) is 0 Å². The number of hydrogen-bond donors (Lipinski definition) is 2. The van der Waals surface area contributed by atoms with Gasteiger partial charge in [-0.3, -0.25) is 16.0 Å². The van der Waals surface area contributed by atoms with Crippen molar-refractivity contribution >= 4 is 11.6 Å². The number of halogens is 1. The molecule has 0 saturated heterocycles. The molecule has 0 bridgehead atoms. The summed E-state index contributed by atoms with van der Waals surface area (Å²) in [4.78, 5) is 0. The third-order valence-corrected chi connectivity index (χ3v) is 3.39. The molecule has 6 heteroatoms. The Balaban J connectivity index is 2.51. The zero-order valence-electron chi connectivity index (χ0n) is 11.4. The van der Waals surface area contributed by atoms with Crippen LogP contribution in [0.3, 0.4) is 0 Å². The summed E-state index contributed by atoms with van der Waals surface area (Å²) < 4.78 is 7.16.